The van der Waals surface area contributed by atoms with Crippen molar-refractivity contribution in [3.8, 4) is 11.8 Å². The molecule has 2 rings (SSSR count). The highest BCUT2D eigenvalue weighted by atomic mass is 19.1. The highest BCUT2D eigenvalue weighted by molar-refractivity contribution is 5.95. The third-order valence-electron chi connectivity index (χ3n) is 3.23. The smallest absolute Gasteiger partial charge is 0.254 e. The first kappa shape index (κ1) is 13.6. The van der Waals surface area contributed by atoms with Gasteiger partial charge in [0.1, 0.15) is 5.82 Å². The van der Waals surface area contributed by atoms with Gasteiger partial charge in [-0.05, 0) is 43.9 Å². The normalized spacial score (nSPS) is 15.3. The van der Waals surface area contributed by atoms with E-state index in [-0.39, 0.29) is 24.1 Å². The van der Waals surface area contributed by atoms with E-state index in [1.165, 1.54) is 12.1 Å². The van der Waals surface area contributed by atoms with Gasteiger partial charge < -0.3 is 11.1 Å². The van der Waals surface area contributed by atoms with E-state index in [1.807, 2.05) is 6.92 Å². The number of benzene rings is 1. The molecule has 1 aliphatic rings. The third kappa shape index (κ3) is 3.55. The SMILES string of the molecule is CC(NC(=O)c1cc(C#CCN)ccc1F)C1CC1. The summed E-state index contributed by atoms with van der Waals surface area (Å²) in [6.07, 6.45) is 2.26. The van der Waals surface area contributed by atoms with Crippen LogP contribution >= 0.6 is 0 Å². The molecule has 19 heavy (non-hydrogen) atoms. The Kier molecular flexibility index (Phi) is 4.18. The molecule has 1 atom stereocenters. The molecule has 1 fully saturated rings. The lowest BCUT2D eigenvalue weighted by Crippen LogP contribution is -2.34. The number of carbonyl (C=O) groups excluding carboxylic acids is 1. The average molecular weight is 260 g/mol. The summed E-state index contributed by atoms with van der Waals surface area (Å²) in [5.74, 6) is 5.10. The molecule has 0 heterocycles. The summed E-state index contributed by atoms with van der Waals surface area (Å²) < 4.78 is 13.7. The van der Waals surface area contributed by atoms with Crippen LogP contribution in [0.3, 0.4) is 0 Å². The van der Waals surface area contributed by atoms with Crippen molar-refractivity contribution in [2.45, 2.75) is 25.8 Å². The Balaban J connectivity index is 2.14. The van der Waals surface area contributed by atoms with Crippen LogP contribution in [-0.4, -0.2) is 18.5 Å². The topological polar surface area (TPSA) is 55.1 Å². The van der Waals surface area contributed by atoms with Gasteiger partial charge in [0, 0.05) is 11.6 Å². The Hall–Kier alpha value is -1.86. The number of halogens is 1. The maximum atomic E-state index is 13.7. The number of nitrogens with one attached hydrogen (secondary N) is 1. The fourth-order valence-corrected chi connectivity index (χ4v) is 1.93. The molecule has 4 heteroatoms. The van der Waals surface area contributed by atoms with Crippen LogP contribution in [0.4, 0.5) is 4.39 Å². The fraction of sp³-hybridized carbons (Fsp3) is 0.400. The number of amides is 1. The van der Waals surface area contributed by atoms with Crippen LogP contribution < -0.4 is 11.1 Å². The van der Waals surface area contributed by atoms with Gasteiger partial charge in [0.15, 0.2) is 0 Å². The van der Waals surface area contributed by atoms with Gasteiger partial charge in [-0.25, -0.2) is 4.39 Å². The van der Waals surface area contributed by atoms with Crippen LogP contribution in [0.15, 0.2) is 18.2 Å². The van der Waals surface area contributed by atoms with Crippen molar-refractivity contribution < 1.29 is 9.18 Å². The van der Waals surface area contributed by atoms with Gasteiger partial charge in [0.2, 0.25) is 0 Å². The molecule has 1 aliphatic carbocycles. The van der Waals surface area contributed by atoms with E-state index in [9.17, 15) is 9.18 Å². The zero-order valence-corrected chi connectivity index (χ0v) is 10.9. The first-order valence-corrected chi connectivity index (χ1v) is 6.41. The minimum Gasteiger partial charge on any atom is -0.349 e. The van der Waals surface area contributed by atoms with Gasteiger partial charge >= 0.3 is 0 Å². The summed E-state index contributed by atoms with van der Waals surface area (Å²) in [6.45, 7) is 2.18. The van der Waals surface area contributed by atoms with E-state index in [2.05, 4.69) is 17.2 Å². The van der Waals surface area contributed by atoms with E-state index in [0.717, 1.165) is 12.8 Å². The quantitative estimate of drug-likeness (QED) is 0.812. The van der Waals surface area contributed by atoms with Crippen LogP contribution in [0.25, 0.3) is 0 Å². The molecular weight excluding hydrogens is 243 g/mol. The second-order valence-electron chi connectivity index (χ2n) is 4.80. The molecule has 0 saturated heterocycles. The maximum Gasteiger partial charge on any atom is 0.254 e. The van der Waals surface area contributed by atoms with Crippen LogP contribution in [0.1, 0.15) is 35.7 Å². The Morgan fingerprint density at radius 3 is 2.95 bits per heavy atom. The van der Waals surface area contributed by atoms with E-state index in [0.29, 0.717) is 11.5 Å². The Labute approximate surface area is 112 Å². The summed E-state index contributed by atoms with van der Waals surface area (Å²) in [7, 11) is 0. The van der Waals surface area contributed by atoms with Crippen molar-refractivity contribution in [1.82, 2.24) is 5.32 Å². The van der Waals surface area contributed by atoms with Crippen molar-refractivity contribution in [2.75, 3.05) is 6.54 Å². The average Bonchev–Trinajstić information content (AvgIpc) is 3.21. The van der Waals surface area contributed by atoms with E-state index >= 15 is 0 Å². The summed E-state index contributed by atoms with van der Waals surface area (Å²) in [5, 5.41) is 2.83. The summed E-state index contributed by atoms with van der Waals surface area (Å²) in [6, 6.07) is 4.36. The van der Waals surface area contributed by atoms with Gasteiger partial charge in [0.05, 0.1) is 12.1 Å². The lowest BCUT2D eigenvalue weighted by molar-refractivity contribution is 0.0931. The lowest BCUT2D eigenvalue weighted by Gasteiger charge is -2.13. The molecule has 3 N–H and O–H groups in total. The molecule has 1 unspecified atom stereocenters. The first-order valence-electron chi connectivity index (χ1n) is 6.41. The van der Waals surface area contributed by atoms with Gasteiger partial charge in [-0.15, -0.1) is 0 Å². The molecule has 0 aromatic heterocycles. The Morgan fingerprint density at radius 1 is 1.58 bits per heavy atom. The summed E-state index contributed by atoms with van der Waals surface area (Å²) in [4.78, 5) is 12.0. The minimum atomic E-state index is -0.529. The number of hydrogen-bond donors (Lipinski definition) is 2. The molecule has 100 valence electrons. The highest BCUT2D eigenvalue weighted by Crippen LogP contribution is 2.32. The largest absolute Gasteiger partial charge is 0.349 e. The molecule has 0 bridgehead atoms. The maximum absolute atomic E-state index is 13.7. The molecule has 1 aromatic rings. The summed E-state index contributed by atoms with van der Waals surface area (Å²) >= 11 is 0. The number of carbonyl (C=O) groups is 1. The molecule has 3 nitrogen and oxygen atoms in total. The minimum absolute atomic E-state index is 0.0383. The summed E-state index contributed by atoms with van der Waals surface area (Å²) in [5.41, 5.74) is 5.92. The van der Waals surface area contributed by atoms with Crippen LogP contribution in [0, 0.1) is 23.6 Å². The van der Waals surface area contributed by atoms with Crippen LogP contribution in [0.5, 0.6) is 0 Å². The van der Waals surface area contributed by atoms with Crippen LogP contribution in [0.2, 0.25) is 0 Å². The molecule has 0 radical (unpaired) electrons. The zero-order valence-electron chi connectivity index (χ0n) is 10.9. The first-order chi connectivity index (χ1) is 9.11. The lowest BCUT2D eigenvalue weighted by atomic mass is 10.1. The second-order valence-corrected chi connectivity index (χ2v) is 4.80. The van der Waals surface area contributed by atoms with Gasteiger partial charge in [-0.1, -0.05) is 11.8 Å². The monoisotopic (exact) mass is 260 g/mol. The zero-order chi connectivity index (χ0) is 13.8. The van der Waals surface area contributed by atoms with Crippen molar-refractivity contribution in [2.24, 2.45) is 11.7 Å². The number of rotatable bonds is 3. The predicted molar refractivity (Wildman–Crippen MR) is 72.0 cm³/mol. The van der Waals surface area contributed by atoms with E-state index in [4.69, 9.17) is 5.73 Å². The van der Waals surface area contributed by atoms with Gasteiger partial charge in [0.25, 0.3) is 5.91 Å². The number of hydrogen-bond acceptors (Lipinski definition) is 2. The Bertz CT molecular complexity index is 541. The molecule has 1 amide bonds. The van der Waals surface area contributed by atoms with E-state index in [1.54, 1.807) is 6.07 Å². The van der Waals surface area contributed by atoms with Gasteiger partial charge in [-0.2, -0.15) is 0 Å². The molecule has 1 saturated carbocycles. The standard InChI is InChI=1S/C15H17FN2O/c1-10(12-5-6-12)18-15(19)13-9-11(3-2-8-17)4-7-14(13)16/h4,7,9-10,12H,5-6,8,17H2,1H3,(H,18,19). The fourth-order valence-electron chi connectivity index (χ4n) is 1.93. The predicted octanol–water partition coefficient (Wildman–Crippen LogP) is 1.66. The third-order valence-corrected chi connectivity index (χ3v) is 3.23. The second kappa shape index (κ2) is 5.85. The molecule has 1 aromatic carbocycles. The number of nitrogens with two attached hydrogens (primary N) is 1. The van der Waals surface area contributed by atoms with Crippen molar-refractivity contribution in [3.05, 3.63) is 35.1 Å². The van der Waals surface area contributed by atoms with Gasteiger partial charge in [-0.3, -0.25) is 4.79 Å². The highest BCUT2D eigenvalue weighted by Gasteiger charge is 2.29. The molecular formula is C15H17FN2O. The molecule has 0 spiro atoms. The van der Waals surface area contributed by atoms with E-state index < -0.39 is 5.82 Å². The van der Waals surface area contributed by atoms with Crippen molar-refractivity contribution in [3.63, 3.8) is 0 Å². The Morgan fingerprint density at radius 2 is 2.32 bits per heavy atom. The van der Waals surface area contributed by atoms with Crippen molar-refractivity contribution >= 4 is 5.91 Å². The van der Waals surface area contributed by atoms with Crippen LogP contribution in [-0.2, 0) is 0 Å². The van der Waals surface area contributed by atoms with Crippen molar-refractivity contribution in [1.29, 1.82) is 0 Å². The molecule has 0 aliphatic heterocycles.